The average Bonchev–Trinajstić information content (AvgIpc) is 2.49. The normalized spacial score (nSPS) is 14.8. The lowest BCUT2D eigenvalue weighted by molar-refractivity contribution is 0.679. The summed E-state index contributed by atoms with van der Waals surface area (Å²) in [5.74, 6) is 1.45. The first-order valence-electron chi connectivity index (χ1n) is 7.57. The molecule has 0 unspecified atom stereocenters. The molecular weight excluding hydrogens is 250 g/mol. The summed E-state index contributed by atoms with van der Waals surface area (Å²) in [5.41, 5.74) is 8.24. The summed E-state index contributed by atoms with van der Waals surface area (Å²) in [7, 11) is 0. The minimum Gasteiger partial charge on any atom is -0.393 e. The molecule has 1 aliphatic rings. The number of anilines is 3. The molecule has 110 valence electrons. The highest BCUT2D eigenvalue weighted by molar-refractivity contribution is 5.73. The molecule has 0 saturated heterocycles. The SMILES string of the molecule is CCCNc1ncnc(NCCC2=CCCCC2)c1N. The molecule has 2 rings (SSSR count). The molecule has 4 N–H and O–H groups in total. The zero-order valence-corrected chi connectivity index (χ0v) is 12.3. The van der Waals surface area contributed by atoms with E-state index in [2.05, 4.69) is 33.6 Å². The zero-order valence-electron chi connectivity index (χ0n) is 12.3. The maximum atomic E-state index is 6.08. The Morgan fingerprint density at radius 3 is 2.55 bits per heavy atom. The summed E-state index contributed by atoms with van der Waals surface area (Å²) in [6, 6.07) is 0. The molecule has 5 nitrogen and oxygen atoms in total. The van der Waals surface area contributed by atoms with Gasteiger partial charge in [0, 0.05) is 13.1 Å². The van der Waals surface area contributed by atoms with Crippen molar-refractivity contribution < 1.29 is 0 Å². The van der Waals surface area contributed by atoms with Gasteiger partial charge in [-0.15, -0.1) is 0 Å². The highest BCUT2D eigenvalue weighted by atomic mass is 15.1. The lowest BCUT2D eigenvalue weighted by Gasteiger charge is -2.15. The third-order valence-electron chi connectivity index (χ3n) is 3.55. The van der Waals surface area contributed by atoms with Crippen LogP contribution >= 0.6 is 0 Å². The van der Waals surface area contributed by atoms with Crippen LogP contribution in [0.1, 0.15) is 45.4 Å². The lowest BCUT2D eigenvalue weighted by Crippen LogP contribution is -2.11. The Morgan fingerprint density at radius 1 is 1.15 bits per heavy atom. The first kappa shape index (κ1) is 14.6. The van der Waals surface area contributed by atoms with E-state index in [4.69, 9.17) is 5.73 Å². The van der Waals surface area contributed by atoms with Crippen LogP contribution in [0.15, 0.2) is 18.0 Å². The van der Waals surface area contributed by atoms with Crippen molar-refractivity contribution in [2.45, 2.75) is 45.4 Å². The molecule has 0 aromatic carbocycles. The quantitative estimate of drug-likeness (QED) is 0.666. The van der Waals surface area contributed by atoms with E-state index in [0.717, 1.165) is 37.6 Å². The van der Waals surface area contributed by atoms with Gasteiger partial charge in [0.25, 0.3) is 0 Å². The van der Waals surface area contributed by atoms with Gasteiger partial charge in [0.2, 0.25) is 0 Å². The van der Waals surface area contributed by atoms with Crippen LogP contribution in [0.25, 0.3) is 0 Å². The zero-order chi connectivity index (χ0) is 14.2. The molecule has 1 aromatic heterocycles. The Bertz CT molecular complexity index is 456. The third-order valence-corrected chi connectivity index (χ3v) is 3.55. The van der Waals surface area contributed by atoms with E-state index in [1.165, 1.54) is 25.7 Å². The Balaban J connectivity index is 1.87. The van der Waals surface area contributed by atoms with E-state index in [1.54, 1.807) is 11.9 Å². The molecule has 0 aliphatic heterocycles. The summed E-state index contributed by atoms with van der Waals surface area (Å²) in [6.45, 7) is 3.86. The van der Waals surface area contributed by atoms with E-state index >= 15 is 0 Å². The minimum atomic E-state index is 0.610. The van der Waals surface area contributed by atoms with Gasteiger partial charge in [-0.2, -0.15) is 0 Å². The summed E-state index contributed by atoms with van der Waals surface area (Å²) >= 11 is 0. The fourth-order valence-corrected chi connectivity index (χ4v) is 2.39. The lowest BCUT2D eigenvalue weighted by atomic mass is 9.97. The van der Waals surface area contributed by atoms with Crippen LogP contribution in [0.4, 0.5) is 17.3 Å². The predicted octanol–water partition coefficient (Wildman–Crippen LogP) is 3.18. The van der Waals surface area contributed by atoms with Crippen molar-refractivity contribution in [2.24, 2.45) is 0 Å². The van der Waals surface area contributed by atoms with Gasteiger partial charge in [0.15, 0.2) is 11.6 Å². The number of nitrogens with zero attached hydrogens (tertiary/aromatic N) is 2. The smallest absolute Gasteiger partial charge is 0.154 e. The topological polar surface area (TPSA) is 75.9 Å². The molecule has 0 radical (unpaired) electrons. The number of hydrogen-bond acceptors (Lipinski definition) is 5. The van der Waals surface area contributed by atoms with Crippen molar-refractivity contribution in [3.05, 3.63) is 18.0 Å². The number of nitrogen functional groups attached to an aromatic ring is 1. The Kier molecular flexibility index (Phi) is 5.65. The molecule has 0 fully saturated rings. The van der Waals surface area contributed by atoms with Gasteiger partial charge in [-0.25, -0.2) is 9.97 Å². The Morgan fingerprint density at radius 2 is 1.90 bits per heavy atom. The monoisotopic (exact) mass is 275 g/mol. The molecule has 1 heterocycles. The average molecular weight is 275 g/mol. The van der Waals surface area contributed by atoms with Crippen molar-refractivity contribution in [1.82, 2.24) is 9.97 Å². The largest absolute Gasteiger partial charge is 0.393 e. The predicted molar refractivity (Wildman–Crippen MR) is 84.9 cm³/mol. The second-order valence-electron chi connectivity index (χ2n) is 5.20. The van der Waals surface area contributed by atoms with E-state index < -0.39 is 0 Å². The molecule has 1 aromatic rings. The van der Waals surface area contributed by atoms with Crippen molar-refractivity contribution in [2.75, 3.05) is 29.5 Å². The number of nitrogens with two attached hydrogens (primary N) is 1. The van der Waals surface area contributed by atoms with Gasteiger partial charge in [-0.05, 0) is 38.5 Å². The molecule has 0 atom stereocenters. The van der Waals surface area contributed by atoms with E-state index in [1.807, 2.05) is 0 Å². The summed E-state index contributed by atoms with van der Waals surface area (Å²) < 4.78 is 0. The minimum absolute atomic E-state index is 0.610. The van der Waals surface area contributed by atoms with Crippen molar-refractivity contribution in [3.8, 4) is 0 Å². The van der Waals surface area contributed by atoms with Crippen molar-refractivity contribution in [3.63, 3.8) is 0 Å². The second kappa shape index (κ2) is 7.72. The van der Waals surface area contributed by atoms with Crippen LogP contribution < -0.4 is 16.4 Å². The van der Waals surface area contributed by atoms with Crippen LogP contribution in [-0.2, 0) is 0 Å². The summed E-state index contributed by atoms with van der Waals surface area (Å²) in [5, 5.41) is 6.54. The molecule has 0 amide bonds. The van der Waals surface area contributed by atoms with Crippen LogP contribution in [0.2, 0.25) is 0 Å². The Hall–Kier alpha value is -1.78. The highest BCUT2D eigenvalue weighted by Crippen LogP contribution is 2.23. The van der Waals surface area contributed by atoms with Gasteiger partial charge in [0.1, 0.15) is 12.0 Å². The van der Waals surface area contributed by atoms with E-state index in [9.17, 15) is 0 Å². The fraction of sp³-hybridized carbons (Fsp3) is 0.600. The maximum Gasteiger partial charge on any atom is 0.154 e. The fourth-order valence-electron chi connectivity index (χ4n) is 2.39. The number of hydrogen-bond donors (Lipinski definition) is 3. The second-order valence-corrected chi connectivity index (χ2v) is 5.20. The van der Waals surface area contributed by atoms with E-state index in [-0.39, 0.29) is 0 Å². The molecular formula is C15H25N5. The molecule has 1 aliphatic carbocycles. The van der Waals surface area contributed by atoms with Crippen LogP contribution in [-0.4, -0.2) is 23.1 Å². The molecule has 20 heavy (non-hydrogen) atoms. The number of nitrogens with one attached hydrogen (secondary N) is 2. The first-order valence-corrected chi connectivity index (χ1v) is 7.57. The number of allylic oxidation sites excluding steroid dienone is 1. The Labute approximate surface area is 121 Å². The van der Waals surface area contributed by atoms with Gasteiger partial charge < -0.3 is 16.4 Å². The first-order chi connectivity index (χ1) is 9.81. The van der Waals surface area contributed by atoms with Gasteiger partial charge in [0.05, 0.1) is 0 Å². The standard InChI is InChI=1S/C15H25N5/c1-2-9-17-14-13(16)15(20-11-19-14)18-10-8-12-6-4-3-5-7-12/h6,11H,2-5,7-10,16H2,1H3,(H2,17,18,19,20). The van der Waals surface area contributed by atoms with Crippen LogP contribution in [0.3, 0.4) is 0 Å². The maximum absolute atomic E-state index is 6.08. The van der Waals surface area contributed by atoms with Gasteiger partial charge in [-0.3, -0.25) is 0 Å². The third kappa shape index (κ3) is 4.11. The summed E-state index contributed by atoms with van der Waals surface area (Å²) in [4.78, 5) is 8.40. The molecule has 0 bridgehead atoms. The van der Waals surface area contributed by atoms with Crippen molar-refractivity contribution >= 4 is 17.3 Å². The van der Waals surface area contributed by atoms with Gasteiger partial charge in [-0.1, -0.05) is 18.6 Å². The van der Waals surface area contributed by atoms with E-state index in [0.29, 0.717) is 5.69 Å². The number of rotatable bonds is 7. The van der Waals surface area contributed by atoms with Crippen molar-refractivity contribution in [1.29, 1.82) is 0 Å². The molecule has 5 heteroatoms. The molecule has 0 spiro atoms. The van der Waals surface area contributed by atoms with Crippen LogP contribution in [0, 0.1) is 0 Å². The summed E-state index contributed by atoms with van der Waals surface area (Å²) in [6.07, 6.45) is 11.2. The van der Waals surface area contributed by atoms with Crippen LogP contribution in [0.5, 0.6) is 0 Å². The number of aromatic nitrogens is 2. The van der Waals surface area contributed by atoms with Gasteiger partial charge >= 0.3 is 0 Å². The molecule has 0 saturated carbocycles. The highest BCUT2D eigenvalue weighted by Gasteiger charge is 2.08.